The zero-order chi connectivity index (χ0) is 15.6. The third-order valence-electron chi connectivity index (χ3n) is 2.77. The maximum atomic E-state index is 12.6. The molecule has 0 aliphatic heterocycles. The Morgan fingerprint density at radius 1 is 1.43 bits per heavy atom. The maximum absolute atomic E-state index is 12.6. The summed E-state index contributed by atoms with van der Waals surface area (Å²) in [5.74, 6) is 0.494. The Bertz CT molecular complexity index is 662. The number of rotatable bonds is 4. The van der Waals surface area contributed by atoms with Crippen molar-refractivity contribution in [2.45, 2.75) is 19.6 Å². The number of aryl methyl sites for hydroxylation is 1. The Hall–Kier alpha value is -1.95. The van der Waals surface area contributed by atoms with Crippen molar-refractivity contribution in [1.82, 2.24) is 9.55 Å². The van der Waals surface area contributed by atoms with Crippen LogP contribution in [-0.4, -0.2) is 9.55 Å². The van der Waals surface area contributed by atoms with Crippen molar-refractivity contribution in [3.05, 3.63) is 53.3 Å². The van der Waals surface area contributed by atoms with Gasteiger partial charge < -0.3 is 9.88 Å². The van der Waals surface area contributed by atoms with E-state index in [1.807, 2.05) is 13.1 Å². The second-order valence-electron chi connectivity index (χ2n) is 4.46. The highest BCUT2D eigenvalue weighted by atomic mass is 35.5. The summed E-state index contributed by atoms with van der Waals surface area (Å²) in [6.07, 6.45) is -0.914. The number of imidazole rings is 1. The first-order valence-electron chi connectivity index (χ1n) is 6.09. The van der Waals surface area contributed by atoms with E-state index in [2.05, 4.69) is 16.9 Å². The minimum atomic E-state index is -4.42. The van der Waals surface area contributed by atoms with Crippen molar-refractivity contribution in [1.29, 1.82) is 0 Å². The van der Waals surface area contributed by atoms with Gasteiger partial charge in [-0.15, -0.1) is 6.58 Å². The van der Waals surface area contributed by atoms with Crippen LogP contribution in [0.2, 0.25) is 5.02 Å². The highest BCUT2D eigenvalue weighted by molar-refractivity contribution is 6.33. The molecule has 0 atom stereocenters. The van der Waals surface area contributed by atoms with Crippen LogP contribution < -0.4 is 5.32 Å². The molecule has 0 aliphatic rings. The van der Waals surface area contributed by atoms with Crippen molar-refractivity contribution in [2.75, 3.05) is 5.32 Å². The molecule has 0 amide bonds. The van der Waals surface area contributed by atoms with Crippen molar-refractivity contribution < 1.29 is 13.2 Å². The van der Waals surface area contributed by atoms with Crippen LogP contribution in [0.5, 0.6) is 0 Å². The first-order chi connectivity index (χ1) is 9.81. The van der Waals surface area contributed by atoms with E-state index in [4.69, 9.17) is 11.6 Å². The zero-order valence-corrected chi connectivity index (χ0v) is 12.0. The van der Waals surface area contributed by atoms with Gasteiger partial charge in [-0.05, 0) is 25.1 Å². The normalized spacial score (nSPS) is 11.5. The monoisotopic (exact) mass is 315 g/mol. The second-order valence-corrected chi connectivity index (χ2v) is 4.87. The zero-order valence-electron chi connectivity index (χ0n) is 11.2. The van der Waals surface area contributed by atoms with Gasteiger partial charge in [0.05, 0.1) is 22.0 Å². The summed E-state index contributed by atoms with van der Waals surface area (Å²) in [6.45, 7) is 5.99. The largest absolute Gasteiger partial charge is 0.416 e. The number of anilines is 2. The molecule has 112 valence electrons. The van der Waals surface area contributed by atoms with Gasteiger partial charge in [-0.25, -0.2) is 4.98 Å². The molecule has 1 heterocycles. The average molecular weight is 316 g/mol. The lowest BCUT2D eigenvalue weighted by Crippen LogP contribution is -2.06. The minimum Gasteiger partial charge on any atom is -0.324 e. The molecule has 0 saturated heterocycles. The van der Waals surface area contributed by atoms with Crippen LogP contribution in [0.25, 0.3) is 0 Å². The lowest BCUT2D eigenvalue weighted by molar-refractivity contribution is -0.137. The molecule has 0 saturated carbocycles. The smallest absolute Gasteiger partial charge is 0.324 e. The third kappa shape index (κ3) is 3.58. The molecule has 0 unspecified atom stereocenters. The first-order valence-corrected chi connectivity index (χ1v) is 6.47. The van der Waals surface area contributed by atoms with Crippen LogP contribution in [0, 0.1) is 6.92 Å². The molecule has 1 aromatic heterocycles. The van der Waals surface area contributed by atoms with Gasteiger partial charge in [0.25, 0.3) is 0 Å². The molecule has 21 heavy (non-hydrogen) atoms. The fourth-order valence-electron chi connectivity index (χ4n) is 1.84. The Morgan fingerprint density at radius 2 is 2.14 bits per heavy atom. The molecule has 2 rings (SSSR count). The molecular weight excluding hydrogens is 303 g/mol. The number of benzene rings is 1. The van der Waals surface area contributed by atoms with Gasteiger partial charge in [0.2, 0.25) is 5.95 Å². The molecule has 0 radical (unpaired) electrons. The summed E-state index contributed by atoms with van der Waals surface area (Å²) in [4.78, 5) is 4.26. The van der Waals surface area contributed by atoms with Gasteiger partial charge in [-0.3, -0.25) is 0 Å². The number of hydrogen-bond donors (Lipinski definition) is 1. The van der Waals surface area contributed by atoms with Gasteiger partial charge >= 0.3 is 6.18 Å². The lowest BCUT2D eigenvalue weighted by atomic mass is 10.2. The van der Waals surface area contributed by atoms with Crippen molar-refractivity contribution in [3.63, 3.8) is 0 Å². The van der Waals surface area contributed by atoms with Crippen LogP contribution in [0.3, 0.4) is 0 Å². The van der Waals surface area contributed by atoms with Gasteiger partial charge in [0.15, 0.2) is 0 Å². The highest BCUT2D eigenvalue weighted by Crippen LogP contribution is 2.34. The van der Waals surface area contributed by atoms with E-state index < -0.39 is 11.7 Å². The van der Waals surface area contributed by atoms with E-state index in [9.17, 15) is 13.2 Å². The Kier molecular flexibility index (Phi) is 4.27. The predicted molar refractivity (Wildman–Crippen MR) is 76.9 cm³/mol. The SMILES string of the molecule is C=CCn1cc(C)nc1Nc1ccc(C(F)(F)F)cc1Cl. The number of halogens is 4. The summed E-state index contributed by atoms with van der Waals surface area (Å²) < 4.78 is 39.6. The van der Waals surface area contributed by atoms with Crippen LogP contribution in [0.4, 0.5) is 24.8 Å². The quantitative estimate of drug-likeness (QED) is 0.822. The van der Waals surface area contributed by atoms with Crippen LogP contribution >= 0.6 is 11.6 Å². The summed E-state index contributed by atoms with van der Waals surface area (Å²) in [6, 6.07) is 3.15. The molecule has 2 aromatic rings. The van der Waals surface area contributed by atoms with E-state index in [-0.39, 0.29) is 5.02 Å². The highest BCUT2D eigenvalue weighted by Gasteiger charge is 2.30. The Labute approximate surface area is 125 Å². The maximum Gasteiger partial charge on any atom is 0.416 e. The predicted octanol–water partition coefficient (Wildman–Crippen LogP) is 4.79. The van der Waals surface area contributed by atoms with E-state index in [0.717, 1.165) is 17.8 Å². The third-order valence-corrected chi connectivity index (χ3v) is 3.08. The number of nitrogens with zero attached hydrogens (tertiary/aromatic N) is 2. The molecule has 1 aromatic carbocycles. The summed E-state index contributed by atoms with van der Waals surface area (Å²) >= 11 is 5.90. The number of alkyl halides is 3. The lowest BCUT2D eigenvalue weighted by Gasteiger charge is -2.12. The van der Waals surface area contributed by atoms with Crippen molar-refractivity contribution >= 4 is 23.2 Å². The molecule has 3 nitrogen and oxygen atoms in total. The summed E-state index contributed by atoms with van der Waals surface area (Å²) in [5, 5.41) is 2.91. The minimum absolute atomic E-state index is 0.0179. The molecule has 0 fully saturated rings. The van der Waals surface area contributed by atoms with E-state index >= 15 is 0 Å². The Morgan fingerprint density at radius 3 is 2.71 bits per heavy atom. The van der Waals surface area contributed by atoms with Crippen molar-refractivity contribution in [3.8, 4) is 0 Å². The van der Waals surface area contributed by atoms with E-state index in [1.165, 1.54) is 6.07 Å². The number of hydrogen-bond acceptors (Lipinski definition) is 2. The molecule has 1 N–H and O–H groups in total. The fourth-order valence-corrected chi connectivity index (χ4v) is 2.07. The molecule has 7 heteroatoms. The molecule has 0 aliphatic carbocycles. The average Bonchev–Trinajstić information content (AvgIpc) is 2.71. The number of allylic oxidation sites excluding steroid dienone is 1. The van der Waals surface area contributed by atoms with Crippen LogP contribution in [0.1, 0.15) is 11.3 Å². The molecular formula is C14H13ClF3N3. The van der Waals surface area contributed by atoms with Gasteiger partial charge in [0.1, 0.15) is 0 Å². The van der Waals surface area contributed by atoms with E-state index in [0.29, 0.717) is 18.2 Å². The van der Waals surface area contributed by atoms with Crippen molar-refractivity contribution in [2.24, 2.45) is 0 Å². The summed E-state index contributed by atoms with van der Waals surface area (Å²) in [5.41, 5.74) is 0.353. The van der Waals surface area contributed by atoms with Gasteiger partial charge in [-0.2, -0.15) is 13.2 Å². The fraction of sp³-hybridized carbons (Fsp3) is 0.214. The second kappa shape index (κ2) is 5.81. The Balaban J connectivity index is 2.30. The first kappa shape index (κ1) is 15.4. The van der Waals surface area contributed by atoms with Gasteiger partial charge in [0, 0.05) is 12.7 Å². The van der Waals surface area contributed by atoms with Gasteiger partial charge in [-0.1, -0.05) is 17.7 Å². The van der Waals surface area contributed by atoms with E-state index in [1.54, 1.807) is 10.6 Å². The molecule has 0 spiro atoms. The topological polar surface area (TPSA) is 29.9 Å². The summed E-state index contributed by atoms with van der Waals surface area (Å²) in [7, 11) is 0. The van der Waals surface area contributed by atoms with Crippen LogP contribution in [0.15, 0.2) is 37.1 Å². The van der Waals surface area contributed by atoms with Crippen LogP contribution in [-0.2, 0) is 12.7 Å². The molecule has 0 bridgehead atoms. The number of nitrogens with one attached hydrogen (secondary N) is 1. The number of aromatic nitrogens is 2. The standard InChI is InChI=1S/C14H13ClF3N3/c1-3-6-21-8-9(2)19-13(21)20-12-5-4-10(7-11(12)15)14(16,17)18/h3-5,7-8H,1,6H2,2H3,(H,19,20).